The van der Waals surface area contributed by atoms with Crippen LogP contribution in [0.4, 0.5) is 10.2 Å². The number of allylic oxidation sites excluding steroid dienone is 4. The van der Waals surface area contributed by atoms with Crippen molar-refractivity contribution in [2.24, 2.45) is 5.92 Å². The van der Waals surface area contributed by atoms with E-state index in [2.05, 4.69) is 20.9 Å². The molecule has 180 valence electrons. The number of carbonyl (C=O) groups excluding carboxylic acids is 3. The van der Waals surface area contributed by atoms with Crippen LogP contribution < -0.4 is 20.9 Å². The summed E-state index contributed by atoms with van der Waals surface area (Å²) in [5.74, 6) is -1.29. The highest BCUT2D eigenvalue weighted by molar-refractivity contribution is 6.06. The van der Waals surface area contributed by atoms with Gasteiger partial charge in [0, 0.05) is 18.3 Å². The van der Waals surface area contributed by atoms with Gasteiger partial charge in [0.2, 0.25) is 11.8 Å². The Labute approximate surface area is 194 Å². The lowest BCUT2D eigenvalue weighted by atomic mass is 10.0. The summed E-state index contributed by atoms with van der Waals surface area (Å²) in [6.45, 7) is 8.53. The van der Waals surface area contributed by atoms with Gasteiger partial charge in [0.05, 0.1) is 11.9 Å². The fraction of sp³-hybridized carbons (Fsp3) is 0.500. The average Bonchev–Trinajstić information content (AvgIpc) is 3.18. The van der Waals surface area contributed by atoms with E-state index >= 15 is 0 Å². The van der Waals surface area contributed by atoms with Gasteiger partial charge in [-0.2, -0.15) is 0 Å². The quantitative estimate of drug-likeness (QED) is 0.492. The number of pyridine rings is 1. The number of aromatic nitrogens is 1. The maximum atomic E-state index is 13.7. The SMILES string of the molecule is CC/C(=C\C=C(/C)F)NC(=O)C1Cc2cccnc2N1C(=O)C(NC(=O)[C@H](C)NC)C(C)C. The molecule has 9 heteroatoms. The molecule has 3 atom stereocenters. The van der Waals surface area contributed by atoms with Gasteiger partial charge in [0.1, 0.15) is 17.9 Å². The van der Waals surface area contributed by atoms with E-state index in [4.69, 9.17) is 0 Å². The van der Waals surface area contributed by atoms with Crippen LogP contribution in [-0.4, -0.2) is 47.9 Å². The number of amides is 3. The minimum Gasteiger partial charge on any atom is -0.343 e. The second-order valence-corrected chi connectivity index (χ2v) is 8.44. The summed E-state index contributed by atoms with van der Waals surface area (Å²) in [6, 6.07) is 1.42. The second kappa shape index (κ2) is 11.7. The molecule has 1 aliphatic rings. The van der Waals surface area contributed by atoms with Gasteiger partial charge in [0.25, 0.3) is 5.91 Å². The highest BCUT2D eigenvalue weighted by Gasteiger charge is 2.43. The molecule has 0 spiro atoms. The van der Waals surface area contributed by atoms with E-state index in [1.807, 2.05) is 26.8 Å². The molecule has 0 radical (unpaired) electrons. The Hall–Kier alpha value is -3.07. The molecule has 2 unspecified atom stereocenters. The number of anilines is 1. The lowest BCUT2D eigenvalue weighted by Crippen LogP contribution is -2.58. The minimum atomic E-state index is -0.840. The molecule has 0 aromatic carbocycles. The van der Waals surface area contributed by atoms with Gasteiger partial charge in [-0.15, -0.1) is 0 Å². The molecule has 1 aromatic heterocycles. The van der Waals surface area contributed by atoms with Crippen LogP contribution in [0, 0.1) is 5.92 Å². The fourth-order valence-electron chi connectivity index (χ4n) is 3.50. The predicted molar refractivity (Wildman–Crippen MR) is 126 cm³/mol. The smallest absolute Gasteiger partial charge is 0.251 e. The lowest BCUT2D eigenvalue weighted by Gasteiger charge is -2.31. The largest absolute Gasteiger partial charge is 0.343 e. The number of rotatable bonds is 9. The number of nitrogens with zero attached hydrogens (tertiary/aromatic N) is 2. The molecule has 33 heavy (non-hydrogen) atoms. The van der Waals surface area contributed by atoms with Gasteiger partial charge < -0.3 is 16.0 Å². The third-order valence-electron chi connectivity index (χ3n) is 5.60. The molecule has 0 saturated heterocycles. The van der Waals surface area contributed by atoms with E-state index in [0.29, 0.717) is 24.4 Å². The first-order valence-electron chi connectivity index (χ1n) is 11.2. The first kappa shape index (κ1) is 26.2. The molecule has 2 heterocycles. The number of hydrogen-bond acceptors (Lipinski definition) is 5. The van der Waals surface area contributed by atoms with Crippen LogP contribution >= 0.6 is 0 Å². The zero-order chi connectivity index (χ0) is 24.7. The number of halogens is 1. The van der Waals surface area contributed by atoms with Crippen LogP contribution in [0.25, 0.3) is 0 Å². The lowest BCUT2D eigenvalue weighted by molar-refractivity contribution is -0.130. The van der Waals surface area contributed by atoms with Gasteiger partial charge in [0.15, 0.2) is 0 Å². The van der Waals surface area contributed by atoms with Gasteiger partial charge in [-0.3, -0.25) is 19.3 Å². The van der Waals surface area contributed by atoms with Gasteiger partial charge in [-0.1, -0.05) is 26.8 Å². The van der Waals surface area contributed by atoms with Crippen molar-refractivity contribution in [2.75, 3.05) is 11.9 Å². The van der Waals surface area contributed by atoms with Crippen molar-refractivity contribution in [2.45, 2.75) is 65.6 Å². The number of carbonyl (C=O) groups is 3. The van der Waals surface area contributed by atoms with Crippen LogP contribution in [0.2, 0.25) is 0 Å². The summed E-state index contributed by atoms with van der Waals surface area (Å²) in [6.07, 6.45) is 5.13. The Morgan fingerprint density at radius 1 is 1.27 bits per heavy atom. The molecule has 3 N–H and O–H groups in total. The Bertz CT molecular complexity index is 940. The summed E-state index contributed by atoms with van der Waals surface area (Å²) in [7, 11) is 1.66. The Balaban J connectivity index is 2.37. The highest BCUT2D eigenvalue weighted by Crippen LogP contribution is 2.31. The molecule has 2 rings (SSSR count). The highest BCUT2D eigenvalue weighted by atomic mass is 19.1. The molecular weight excluding hydrogens is 425 g/mol. The number of nitrogens with one attached hydrogen (secondary N) is 3. The van der Waals surface area contributed by atoms with Crippen molar-refractivity contribution in [1.29, 1.82) is 0 Å². The molecular formula is C24H34FN5O3. The van der Waals surface area contributed by atoms with E-state index in [0.717, 1.165) is 5.56 Å². The van der Waals surface area contributed by atoms with Crippen molar-refractivity contribution in [3.8, 4) is 0 Å². The average molecular weight is 460 g/mol. The summed E-state index contributed by atoms with van der Waals surface area (Å²) < 4.78 is 13.1. The zero-order valence-electron chi connectivity index (χ0n) is 20.1. The Morgan fingerprint density at radius 2 is 1.97 bits per heavy atom. The third-order valence-corrected chi connectivity index (χ3v) is 5.60. The molecule has 1 aromatic rings. The van der Waals surface area contributed by atoms with E-state index in [9.17, 15) is 18.8 Å². The van der Waals surface area contributed by atoms with Crippen molar-refractivity contribution < 1.29 is 18.8 Å². The zero-order valence-corrected chi connectivity index (χ0v) is 20.1. The minimum absolute atomic E-state index is 0.217. The second-order valence-electron chi connectivity index (χ2n) is 8.44. The first-order valence-corrected chi connectivity index (χ1v) is 11.2. The molecule has 1 aliphatic heterocycles. The monoisotopic (exact) mass is 459 g/mol. The van der Waals surface area contributed by atoms with E-state index < -0.39 is 29.9 Å². The van der Waals surface area contributed by atoms with Crippen LogP contribution in [0.1, 0.15) is 46.6 Å². The molecule has 0 bridgehead atoms. The van der Waals surface area contributed by atoms with Crippen LogP contribution in [0.15, 0.2) is 42.0 Å². The predicted octanol–water partition coefficient (Wildman–Crippen LogP) is 2.37. The number of likely N-dealkylation sites (N-methyl/N-ethyl adjacent to an activating group) is 1. The summed E-state index contributed by atoms with van der Waals surface area (Å²) >= 11 is 0. The third kappa shape index (κ3) is 6.47. The summed E-state index contributed by atoms with van der Waals surface area (Å²) in [4.78, 5) is 45.1. The van der Waals surface area contributed by atoms with Gasteiger partial charge >= 0.3 is 0 Å². The molecule has 0 fully saturated rings. The Kier molecular flexibility index (Phi) is 9.28. The van der Waals surface area contributed by atoms with Crippen molar-refractivity contribution >= 4 is 23.5 Å². The number of hydrogen-bond donors (Lipinski definition) is 3. The molecule has 0 saturated carbocycles. The molecule has 8 nitrogen and oxygen atoms in total. The van der Waals surface area contributed by atoms with E-state index in [-0.39, 0.29) is 17.7 Å². The van der Waals surface area contributed by atoms with Gasteiger partial charge in [-0.05, 0) is 57.0 Å². The molecule has 3 amide bonds. The van der Waals surface area contributed by atoms with E-state index in [1.165, 1.54) is 24.0 Å². The number of fused-ring (bicyclic) bond motifs is 1. The standard InChI is InChI=1S/C24H34FN5O3/c1-7-18(11-10-15(4)25)28-23(32)19-13-17-9-8-12-27-21(17)30(19)24(33)20(14(2)3)29-22(31)16(5)26-6/h8-12,14,16,19-20,26H,7,13H2,1-6H3,(H,28,32)(H,29,31)/b15-10+,18-11+/t16-,19?,20?/m0/s1. The summed E-state index contributed by atoms with van der Waals surface area (Å²) in [5.41, 5.74) is 1.30. The van der Waals surface area contributed by atoms with Crippen LogP contribution in [-0.2, 0) is 20.8 Å². The normalized spacial score (nSPS) is 18.1. The van der Waals surface area contributed by atoms with Crippen molar-refractivity contribution in [1.82, 2.24) is 20.9 Å². The van der Waals surface area contributed by atoms with E-state index in [1.54, 1.807) is 26.2 Å². The maximum absolute atomic E-state index is 13.7. The summed E-state index contributed by atoms with van der Waals surface area (Å²) in [5, 5.41) is 8.47. The Morgan fingerprint density at radius 3 is 2.55 bits per heavy atom. The maximum Gasteiger partial charge on any atom is 0.251 e. The fourth-order valence-corrected chi connectivity index (χ4v) is 3.50. The van der Waals surface area contributed by atoms with Gasteiger partial charge in [-0.25, -0.2) is 9.37 Å². The van der Waals surface area contributed by atoms with Crippen molar-refractivity contribution in [3.05, 3.63) is 47.6 Å². The van der Waals surface area contributed by atoms with Crippen LogP contribution in [0.3, 0.4) is 0 Å². The first-order chi connectivity index (χ1) is 15.6. The van der Waals surface area contributed by atoms with Crippen LogP contribution in [0.5, 0.6) is 0 Å². The molecule has 0 aliphatic carbocycles. The topological polar surface area (TPSA) is 103 Å². The van der Waals surface area contributed by atoms with Crippen molar-refractivity contribution in [3.63, 3.8) is 0 Å².